The van der Waals surface area contributed by atoms with Gasteiger partial charge in [0, 0.05) is 34.8 Å². The molecule has 0 saturated heterocycles. The molecule has 0 bridgehead atoms. The van der Waals surface area contributed by atoms with E-state index in [1.165, 1.54) is 21.4 Å². The molecule has 0 spiro atoms. The van der Waals surface area contributed by atoms with E-state index in [1.54, 1.807) is 18.4 Å². The second-order valence-electron chi connectivity index (χ2n) is 4.58. The van der Waals surface area contributed by atoms with E-state index >= 15 is 0 Å². The number of hydrogen-bond acceptors (Lipinski definition) is 4. The highest BCUT2D eigenvalue weighted by molar-refractivity contribution is 7.33. The smallest absolute Gasteiger partial charge is 0.261 e. The van der Waals surface area contributed by atoms with E-state index < -0.39 is 0 Å². The molecule has 2 aromatic heterocycles. The van der Waals surface area contributed by atoms with Crippen molar-refractivity contribution in [3.8, 4) is 0 Å². The lowest BCUT2D eigenvalue weighted by Crippen LogP contribution is -2.28. The second kappa shape index (κ2) is 5.83. The zero-order valence-electron chi connectivity index (χ0n) is 11.4. The molecule has 0 aliphatic carbocycles. The molecule has 0 radical (unpaired) electrons. The highest BCUT2D eigenvalue weighted by Crippen LogP contribution is 2.39. The topological polar surface area (TPSA) is 58.2 Å². The van der Waals surface area contributed by atoms with Gasteiger partial charge in [0.2, 0.25) is 5.91 Å². The summed E-state index contributed by atoms with van der Waals surface area (Å²) < 4.78 is 3.54. The predicted octanol–water partition coefficient (Wildman–Crippen LogP) is 2.98. The van der Waals surface area contributed by atoms with Crippen LogP contribution in [-0.2, 0) is 4.79 Å². The molecule has 0 fully saturated rings. The number of fused-ring (bicyclic) bond motifs is 3. The minimum Gasteiger partial charge on any atom is -0.359 e. The van der Waals surface area contributed by atoms with Crippen LogP contribution in [0.15, 0.2) is 30.3 Å². The molecule has 0 unspecified atom stereocenters. The summed E-state index contributed by atoms with van der Waals surface area (Å²) in [5.74, 6) is -0.190. The van der Waals surface area contributed by atoms with Gasteiger partial charge in [-0.05, 0) is 12.1 Å². The first-order chi connectivity index (χ1) is 10.2. The van der Waals surface area contributed by atoms with Gasteiger partial charge >= 0.3 is 0 Å². The quantitative estimate of drug-likeness (QED) is 0.777. The van der Waals surface area contributed by atoms with Crippen molar-refractivity contribution in [1.82, 2.24) is 10.6 Å². The molecule has 0 atom stereocenters. The Morgan fingerprint density at radius 2 is 1.95 bits per heavy atom. The predicted molar refractivity (Wildman–Crippen MR) is 88.2 cm³/mol. The summed E-state index contributed by atoms with van der Waals surface area (Å²) in [7, 11) is 1.59. The Kier molecular flexibility index (Phi) is 3.90. The first-order valence-corrected chi connectivity index (χ1v) is 8.22. The average Bonchev–Trinajstić information content (AvgIpc) is 3.04. The van der Waals surface area contributed by atoms with E-state index in [4.69, 9.17) is 0 Å². The molecular weight excluding hydrogens is 304 g/mol. The number of carbonyl (C=O) groups excluding carboxylic acids is 2. The zero-order chi connectivity index (χ0) is 14.8. The lowest BCUT2D eigenvalue weighted by molar-refractivity contribution is -0.120. The maximum atomic E-state index is 12.1. The molecule has 3 aromatic rings. The Bertz CT molecular complexity index is 819. The average molecular weight is 318 g/mol. The number of nitrogens with one attached hydrogen (secondary N) is 2. The summed E-state index contributed by atoms with van der Waals surface area (Å²) in [4.78, 5) is 23.9. The van der Waals surface area contributed by atoms with Gasteiger partial charge in [-0.15, -0.1) is 22.7 Å². The minimum atomic E-state index is -0.114. The molecule has 0 aliphatic rings. The minimum absolute atomic E-state index is 0.0755. The van der Waals surface area contributed by atoms with Gasteiger partial charge in [-0.1, -0.05) is 18.2 Å². The molecule has 108 valence electrons. The van der Waals surface area contributed by atoms with Crippen molar-refractivity contribution in [3.63, 3.8) is 0 Å². The van der Waals surface area contributed by atoms with Crippen molar-refractivity contribution >= 4 is 54.0 Å². The lowest BCUT2D eigenvalue weighted by atomic mass is 10.2. The van der Waals surface area contributed by atoms with Crippen molar-refractivity contribution in [3.05, 3.63) is 35.2 Å². The highest BCUT2D eigenvalue weighted by Gasteiger charge is 2.14. The van der Waals surface area contributed by atoms with Crippen LogP contribution in [0.5, 0.6) is 0 Å². The molecule has 2 heterocycles. The van der Waals surface area contributed by atoms with Crippen molar-refractivity contribution < 1.29 is 9.59 Å². The van der Waals surface area contributed by atoms with Gasteiger partial charge in [0.25, 0.3) is 5.91 Å². The monoisotopic (exact) mass is 318 g/mol. The van der Waals surface area contributed by atoms with Crippen LogP contribution in [0.2, 0.25) is 0 Å². The Morgan fingerprint density at radius 1 is 1.14 bits per heavy atom. The number of thiophene rings is 2. The third-order valence-corrected chi connectivity index (χ3v) is 5.60. The van der Waals surface area contributed by atoms with E-state index in [0.717, 1.165) is 9.40 Å². The third-order valence-electron chi connectivity index (χ3n) is 3.19. The summed E-state index contributed by atoms with van der Waals surface area (Å²) in [5, 5.41) is 6.51. The van der Waals surface area contributed by atoms with Gasteiger partial charge in [0.05, 0.1) is 9.58 Å². The van der Waals surface area contributed by atoms with Crippen LogP contribution in [0.25, 0.3) is 19.5 Å². The number of carbonyl (C=O) groups is 2. The van der Waals surface area contributed by atoms with E-state index in [2.05, 4.69) is 22.8 Å². The highest BCUT2D eigenvalue weighted by atomic mass is 32.1. The van der Waals surface area contributed by atoms with Gasteiger partial charge in [-0.2, -0.15) is 0 Å². The number of benzene rings is 1. The second-order valence-corrected chi connectivity index (χ2v) is 6.72. The van der Waals surface area contributed by atoms with Gasteiger partial charge in [-0.3, -0.25) is 9.59 Å². The molecular formula is C15H14N2O2S2. The van der Waals surface area contributed by atoms with Gasteiger partial charge in [0.1, 0.15) is 0 Å². The standard InChI is InChI=1S/C15H14N2O2S2/c1-16-13(18)6-7-17-15(19)12-8-11-14(21-12)9-4-2-3-5-10(9)20-11/h2-5,8H,6-7H2,1H3,(H,16,18)(H,17,19). The Morgan fingerprint density at radius 3 is 2.76 bits per heavy atom. The summed E-state index contributed by atoms with van der Waals surface area (Å²) >= 11 is 3.20. The van der Waals surface area contributed by atoms with Crippen LogP contribution in [0.1, 0.15) is 16.1 Å². The SMILES string of the molecule is CNC(=O)CCNC(=O)c1cc2sc3ccccc3c2s1. The zero-order valence-corrected chi connectivity index (χ0v) is 13.1. The molecule has 4 nitrogen and oxygen atoms in total. The van der Waals surface area contributed by atoms with E-state index in [1.807, 2.05) is 18.2 Å². The van der Waals surface area contributed by atoms with E-state index in [0.29, 0.717) is 17.8 Å². The van der Waals surface area contributed by atoms with Gasteiger partial charge < -0.3 is 10.6 Å². The molecule has 2 amide bonds. The van der Waals surface area contributed by atoms with Crippen LogP contribution in [0.3, 0.4) is 0 Å². The van der Waals surface area contributed by atoms with Crippen LogP contribution in [0.4, 0.5) is 0 Å². The largest absolute Gasteiger partial charge is 0.359 e. The Labute approximate surface area is 129 Å². The number of rotatable bonds is 4. The summed E-state index contributed by atoms with van der Waals surface area (Å²) in [6, 6.07) is 10.1. The van der Waals surface area contributed by atoms with Crippen LogP contribution in [0, 0.1) is 0 Å². The first-order valence-electron chi connectivity index (χ1n) is 6.59. The number of amides is 2. The Balaban J connectivity index is 1.78. The summed E-state index contributed by atoms with van der Waals surface area (Å²) in [6.07, 6.45) is 0.297. The van der Waals surface area contributed by atoms with Crippen LogP contribution >= 0.6 is 22.7 Å². The normalized spacial score (nSPS) is 10.9. The summed E-state index contributed by atoms with van der Waals surface area (Å²) in [5.41, 5.74) is 0. The molecule has 21 heavy (non-hydrogen) atoms. The van der Waals surface area contributed by atoms with Crippen molar-refractivity contribution in [2.45, 2.75) is 6.42 Å². The lowest BCUT2D eigenvalue weighted by Gasteiger charge is -2.02. The molecule has 0 saturated carbocycles. The fraction of sp³-hybridized carbons (Fsp3) is 0.200. The molecule has 0 aliphatic heterocycles. The summed E-state index contributed by atoms with van der Waals surface area (Å²) in [6.45, 7) is 0.352. The van der Waals surface area contributed by atoms with Crippen LogP contribution in [-0.4, -0.2) is 25.4 Å². The van der Waals surface area contributed by atoms with E-state index in [9.17, 15) is 9.59 Å². The van der Waals surface area contributed by atoms with Crippen molar-refractivity contribution in [2.24, 2.45) is 0 Å². The third kappa shape index (κ3) is 2.77. The van der Waals surface area contributed by atoms with Crippen molar-refractivity contribution in [1.29, 1.82) is 0 Å². The fourth-order valence-corrected chi connectivity index (χ4v) is 4.55. The van der Waals surface area contributed by atoms with E-state index in [-0.39, 0.29) is 11.8 Å². The molecule has 6 heteroatoms. The fourth-order valence-electron chi connectivity index (χ4n) is 2.11. The van der Waals surface area contributed by atoms with Crippen LogP contribution < -0.4 is 10.6 Å². The van der Waals surface area contributed by atoms with Crippen molar-refractivity contribution in [2.75, 3.05) is 13.6 Å². The molecule has 1 aromatic carbocycles. The first kappa shape index (κ1) is 14.0. The molecule has 2 N–H and O–H groups in total. The molecule has 3 rings (SSSR count). The Hall–Kier alpha value is -1.92. The number of hydrogen-bond donors (Lipinski definition) is 2. The van der Waals surface area contributed by atoms with Gasteiger partial charge in [-0.25, -0.2) is 0 Å². The maximum Gasteiger partial charge on any atom is 0.261 e. The maximum absolute atomic E-state index is 12.1. The van der Waals surface area contributed by atoms with Gasteiger partial charge in [0.15, 0.2) is 0 Å².